The second kappa shape index (κ2) is 9.26. The van der Waals surface area contributed by atoms with Crippen molar-refractivity contribution in [3.8, 4) is 0 Å². The molecule has 1 N–H and O–H groups in total. The summed E-state index contributed by atoms with van der Waals surface area (Å²) in [4.78, 5) is 0. The summed E-state index contributed by atoms with van der Waals surface area (Å²) in [5.41, 5.74) is 0.519. The maximum Gasteiger partial charge on any atom is -0.00492 e. The number of hydrogen-bond acceptors (Lipinski definition) is 1. The number of hydrogen-bond donors (Lipinski definition) is 1. The molecule has 0 heterocycles. The average Bonchev–Trinajstić information content (AvgIpc) is 2.17. The van der Waals surface area contributed by atoms with Crippen molar-refractivity contribution in [2.24, 2.45) is 11.3 Å². The van der Waals surface area contributed by atoms with Crippen molar-refractivity contribution in [2.45, 2.75) is 47.0 Å². The van der Waals surface area contributed by atoms with Gasteiger partial charge < -0.3 is 5.32 Å². The van der Waals surface area contributed by atoms with Crippen LogP contribution in [0.1, 0.15) is 47.0 Å². The van der Waals surface area contributed by atoms with E-state index in [1.165, 1.54) is 19.3 Å². The molecule has 86 valence electrons. The molecule has 1 heteroatoms. The molecular weight excluding hydrogens is 170 g/mol. The topological polar surface area (TPSA) is 12.0 Å². The van der Waals surface area contributed by atoms with E-state index in [0.717, 1.165) is 12.5 Å². The number of nitrogens with one attached hydrogen (secondary N) is 1. The predicted octanol–water partition coefficient (Wildman–Crippen LogP) is 3.86. The van der Waals surface area contributed by atoms with Gasteiger partial charge in [-0.25, -0.2) is 0 Å². The van der Waals surface area contributed by atoms with Crippen molar-refractivity contribution in [1.29, 1.82) is 0 Å². The minimum Gasteiger partial charge on any atom is -0.320 e. The largest absolute Gasteiger partial charge is 0.320 e. The van der Waals surface area contributed by atoms with Gasteiger partial charge in [0.05, 0.1) is 0 Å². The van der Waals surface area contributed by atoms with E-state index < -0.39 is 0 Å². The van der Waals surface area contributed by atoms with E-state index in [1.807, 2.05) is 7.05 Å². The van der Waals surface area contributed by atoms with Gasteiger partial charge in [-0.15, -0.1) is 13.2 Å². The van der Waals surface area contributed by atoms with Crippen LogP contribution < -0.4 is 5.32 Å². The van der Waals surface area contributed by atoms with Gasteiger partial charge in [0.1, 0.15) is 0 Å². The normalized spacial score (nSPS) is 12.9. The Labute approximate surface area is 91.0 Å². The maximum atomic E-state index is 3.21. The van der Waals surface area contributed by atoms with Gasteiger partial charge in [-0.1, -0.05) is 34.1 Å². The third-order valence-corrected chi connectivity index (χ3v) is 3.06. The molecule has 0 aliphatic rings. The lowest BCUT2D eigenvalue weighted by molar-refractivity contribution is 0.198. The summed E-state index contributed by atoms with van der Waals surface area (Å²) in [6.45, 7) is 16.6. The molecule has 1 unspecified atom stereocenters. The van der Waals surface area contributed by atoms with Gasteiger partial charge in [-0.2, -0.15) is 0 Å². The molecule has 0 bridgehead atoms. The van der Waals surface area contributed by atoms with Gasteiger partial charge in [0.2, 0.25) is 0 Å². The predicted molar refractivity (Wildman–Crippen MR) is 67.7 cm³/mol. The summed E-state index contributed by atoms with van der Waals surface area (Å²) in [6.07, 6.45) is 3.94. The molecule has 0 aromatic heterocycles. The summed E-state index contributed by atoms with van der Waals surface area (Å²) in [7, 11) is 2.03. The fraction of sp³-hybridized carbons (Fsp3) is 0.846. The molecule has 0 spiro atoms. The summed E-state index contributed by atoms with van der Waals surface area (Å²) >= 11 is 0. The van der Waals surface area contributed by atoms with Gasteiger partial charge in [0.15, 0.2) is 0 Å². The van der Waals surface area contributed by atoms with E-state index in [0.29, 0.717) is 5.41 Å². The molecule has 0 radical (unpaired) electrons. The Kier molecular flexibility index (Phi) is 10.7. The Bertz CT molecular complexity index is 118. The van der Waals surface area contributed by atoms with Crippen LogP contribution in [-0.4, -0.2) is 13.6 Å². The van der Waals surface area contributed by atoms with Crippen LogP contribution in [0.25, 0.3) is 0 Å². The molecule has 1 nitrogen and oxygen atoms in total. The first-order chi connectivity index (χ1) is 6.54. The molecule has 0 aromatic rings. The van der Waals surface area contributed by atoms with E-state index in [4.69, 9.17) is 0 Å². The van der Waals surface area contributed by atoms with Gasteiger partial charge in [0.25, 0.3) is 0 Å². The minimum absolute atomic E-state index is 0.519. The van der Waals surface area contributed by atoms with Gasteiger partial charge in [0, 0.05) is 0 Å². The van der Waals surface area contributed by atoms with Crippen molar-refractivity contribution in [3.05, 3.63) is 13.2 Å². The lowest BCUT2D eigenvalue weighted by Gasteiger charge is -2.31. The highest BCUT2D eigenvalue weighted by Crippen LogP contribution is 2.33. The third-order valence-electron chi connectivity index (χ3n) is 3.06. The van der Waals surface area contributed by atoms with Crippen LogP contribution in [0.3, 0.4) is 0 Å². The van der Waals surface area contributed by atoms with E-state index in [1.54, 1.807) is 0 Å². The minimum atomic E-state index is 0.519. The molecule has 0 saturated carbocycles. The Balaban J connectivity index is 0. The smallest absolute Gasteiger partial charge is 0.00492 e. The second-order valence-electron chi connectivity index (χ2n) is 4.53. The van der Waals surface area contributed by atoms with Crippen LogP contribution >= 0.6 is 0 Å². The zero-order chi connectivity index (χ0) is 11.6. The van der Waals surface area contributed by atoms with Crippen LogP contribution in [0.4, 0.5) is 0 Å². The fourth-order valence-corrected chi connectivity index (χ4v) is 1.64. The number of rotatable bonds is 6. The summed E-state index contributed by atoms with van der Waals surface area (Å²) in [5, 5.41) is 3.21. The lowest BCUT2D eigenvalue weighted by atomic mass is 9.75. The summed E-state index contributed by atoms with van der Waals surface area (Å²) in [6, 6.07) is 0. The van der Waals surface area contributed by atoms with Gasteiger partial charge in [-0.3, -0.25) is 0 Å². The summed E-state index contributed by atoms with van der Waals surface area (Å²) < 4.78 is 0. The van der Waals surface area contributed by atoms with Gasteiger partial charge >= 0.3 is 0 Å². The van der Waals surface area contributed by atoms with Crippen LogP contribution in [0.5, 0.6) is 0 Å². The molecule has 14 heavy (non-hydrogen) atoms. The molecule has 0 aliphatic heterocycles. The van der Waals surface area contributed by atoms with E-state index in [9.17, 15) is 0 Å². The molecule has 0 aromatic carbocycles. The highest BCUT2D eigenvalue weighted by molar-refractivity contribution is 4.75. The Morgan fingerprint density at radius 3 is 2.14 bits per heavy atom. The quantitative estimate of drug-likeness (QED) is 0.641. The molecular formula is C13H29N. The first kappa shape index (κ1) is 16.1. The standard InChI is InChI=1S/C11H25N.C2H4/c1-6-8-11(3,4)10(2)7-9-12-5;1-2/h10,12H,6-9H2,1-5H3;1-2H2. The van der Waals surface area contributed by atoms with Crippen molar-refractivity contribution in [3.63, 3.8) is 0 Å². The van der Waals surface area contributed by atoms with Crippen LogP contribution in [0.2, 0.25) is 0 Å². The first-order valence-electron chi connectivity index (χ1n) is 5.69. The SMILES string of the molecule is C=C.CCCC(C)(C)C(C)CCNC. The van der Waals surface area contributed by atoms with Crippen LogP contribution in [0, 0.1) is 11.3 Å². The fourth-order valence-electron chi connectivity index (χ4n) is 1.64. The zero-order valence-electron chi connectivity index (χ0n) is 10.8. The monoisotopic (exact) mass is 199 g/mol. The first-order valence-corrected chi connectivity index (χ1v) is 5.69. The van der Waals surface area contributed by atoms with Crippen molar-refractivity contribution < 1.29 is 0 Å². The Morgan fingerprint density at radius 1 is 1.29 bits per heavy atom. The Hall–Kier alpha value is -0.300. The van der Waals surface area contributed by atoms with Crippen molar-refractivity contribution in [1.82, 2.24) is 5.32 Å². The van der Waals surface area contributed by atoms with E-state index in [2.05, 4.69) is 46.2 Å². The summed E-state index contributed by atoms with van der Waals surface area (Å²) in [5.74, 6) is 0.824. The van der Waals surface area contributed by atoms with E-state index >= 15 is 0 Å². The van der Waals surface area contributed by atoms with Crippen molar-refractivity contribution >= 4 is 0 Å². The molecule has 0 saturated heterocycles. The molecule has 0 amide bonds. The second-order valence-corrected chi connectivity index (χ2v) is 4.53. The molecule has 0 rings (SSSR count). The molecule has 1 atom stereocenters. The third kappa shape index (κ3) is 7.14. The zero-order valence-corrected chi connectivity index (χ0v) is 10.8. The van der Waals surface area contributed by atoms with Gasteiger partial charge in [-0.05, 0) is 37.8 Å². The van der Waals surface area contributed by atoms with E-state index in [-0.39, 0.29) is 0 Å². The molecule has 0 aliphatic carbocycles. The maximum absolute atomic E-state index is 3.21. The average molecular weight is 199 g/mol. The molecule has 0 fully saturated rings. The lowest BCUT2D eigenvalue weighted by Crippen LogP contribution is -2.24. The Morgan fingerprint density at radius 2 is 1.79 bits per heavy atom. The van der Waals surface area contributed by atoms with Crippen molar-refractivity contribution in [2.75, 3.05) is 13.6 Å². The van der Waals surface area contributed by atoms with Crippen LogP contribution in [-0.2, 0) is 0 Å². The highest BCUT2D eigenvalue weighted by atomic mass is 14.8. The van der Waals surface area contributed by atoms with Crippen LogP contribution in [0.15, 0.2) is 13.2 Å². The highest BCUT2D eigenvalue weighted by Gasteiger charge is 2.23.